The van der Waals surface area contributed by atoms with Gasteiger partial charge < -0.3 is 9.67 Å². The lowest BCUT2D eigenvalue weighted by atomic mass is 10.2. The molecule has 1 aromatic heterocycles. The fraction of sp³-hybridized carbons (Fsp3) is 0.125. The highest BCUT2D eigenvalue weighted by atomic mass is 79.9. The highest BCUT2D eigenvalue weighted by Gasteiger charge is 2.11. The maximum atomic E-state index is 11.1. The zero-order valence-electron chi connectivity index (χ0n) is 11.4. The fourth-order valence-corrected chi connectivity index (χ4v) is 2.84. The highest BCUT2D eigenvalue weighted by molar-refractivity contribution is 9.10. The number of fused-ring (bicyclic) bond motifs is 1. The van der Waals surface area contributed by atoms with Gasteiger partial charge >= 0.3 is 5.97 Å². The average molecular weight is 345 g/mol. The first-order chi connectivity index (χ1) is 10.0. The summed E-state index contributed by atoms with van der Waals surface area (Å²) in [5.74, 6) is -0.0581. The molecule has 0 atom stereocenters. The van der Waals surface area contributed by atoms with Gasteiger partial charge in [0.2, 0.25) is 0 Å². The molecule has 1 N–H and O–H groups in total. The summed E-state index contributed by atoms with van der Waals surface area (Å²) in [6.45, 7) is 2.59. The van der Waals surface area contributed by atoms with Crippen molar-refractivity contribution in [2.45, 2.75) is 13.5 Å². The van der Waals surface area contributed by atoms with Crippen LogP contribution < -0.4 is 0 Å². The molecule has 0 fully saturated rings. The van der Waals surface area contributed by atoms with E-state index in [1.54, 1.807) is 18.2 Å². The van der Waals surface area contributed by atoms with Gasteiger partial charge in [0.25, 0.3) is 0 Å². The molecule has 0 aliphatic carbocycles. The third-order valence-electron chi connectivity index (χ3n) is 3.42. The molecular formula is C16H13BrN2O2. The summed E-state index contributed by atoms with van der Waals surface area (Å²) in [7, 11) is 0. The summed E-state index contributed by atoms with van der Waals surface area (Å²) in [5.41, 5.74) is 3.06. The Morgan fingerprint density at radius 3 is 2.81 bits per heavy atom. The monoisotopic (exact) mass is 344 g/mol. The molecule has 0 saturated carbocycles. The van der Waals surface area contributed by atoms with Crippen LogP contribution in [0.5, 0.6) is 0 Å². The Morgan fingerprint density at radius 1 is 1.29 bits per heavy atom. The van der Waals surface area contributed by atoms with Crippen molar-refractivity contribution in [3.8, 4) is 0 Å². The van der Waals surface area contributed by atoms with E-state index in [1.165, 1.54) is 0 Å². The van der Waals surface area contributed by atoms with Gasteiger partial charge in [0, 0.05) is 11.0 Å². The zero-order chi connectivity index (χ0) is 15.0. The van der Waals surface area contributed by atoms with Crippen LogP contribution in [0.4, 0.5) is 0 Å². The van der Waals surface area contributed by atoms with Gasteiger partial charge in [-0.1, -0.05) is 28.1 Å². The zero-order valence-corrected chi connectivity index (χ0v) is 13.0. The standard InChI is InChI=1S/C16H13BrN2O2/c1-10-18-14-6-5-12(16(20)21)8-15(14)19(10)9-11-3-2-4-13(17)7-11/h2-8H,9H2,1H3,(H,20,21). The Bertz CT molecular complexity index is 839. The number of rotatable bonds is 3. The highest BCUT2D eigenvalue weighted by Crippen LogP contribution is 2.20. The van der Waals surface area contributed by atoms with E-state index in [0.717, 1.165) is 26.9 Å². The minimum Gasteiger partial charge on any atom is -0.478 e. The van der Waals surface area contributed by atoms with E-state index in [9.17, 15) is 4.79 Å². The molecule has 2 aromatic carbocycles. The van der Waals surface area contributed by atoms with Crippen LogP contribution in [0, 0.1) is 6.92 Å². The number of carbonyl (C=O) groups is 1. The van der Waals surface area contributed by atoms with Crippen LogP contribution in [0.2, 0.25) is 0 Å². The van der Waals surface area contributed by atoms with E-state index in [0.29, 0.717) is 6.54 Å². The second-order valence-electron chi connectivity index (χ2n) is 4.88. The predicted molar refractivity (Wildman–Crippen MR) is 84.7 cm³/mol. The summed E-state index contributed by atoms with van der Waals surface area (Å²) in [4.78, 5) is 15.6. The number of aromatic carboxylic acids is 1. The van der Waals surface area contributed by atoms with Crippen molar-refractivity contribution < 1.29 is 9.90 Å². The Morgan fingerprint density at radius 2 is 2.10 bits per heavy atom. The second kappa shape index (κ2) is 5.33. The SMILES string of the molecule is Cc1nc2ccc(C(=O)O)cc2n1Cc1cccc(Br)c1. The maximum absolute atomic E-state index is 11.1. The van der Waals surface area contributed by atoms with Crippen LogP contribution in [0.3, 0.4) is 0 Å². The molecule has 0 aliphatic heterocycles. The largest absolute Gasteiger partial charge is 0.478 e. The minimum absolute atomic E-state index is 0.276. The predicted octanol–water partition coefficient (Wildman–Crippen LogP) is 3.85. The fourth-order valence-electron chi connectivity index (χ4n) is 2.39. The number of aryl methyl sites for hydroxylation is 1. The number of imidazole rings is 1. The molecule has 1 heterocycles. The van der Waals surface area contributed by atoms with E-state index in [1.807, 2.05) is 35.8 Å². The molecule has 21 heavy (non-hydrogen) atoms. The molecule has 4 nitrogen and oxygen atoms in total. The van der Waals surface area contributed by atoms with Crippen LogP contribution in [-0.4, -0.2) is 20.6 Å². The van der Waals surface area contributed by atoms with Crippen LogP contribution in [0.15, 0.2) is 46.9 Å². The first-order valence-electron chi connectivity index (χ1n) is 6.49. The van der Waals surface area contributed by atoms with Crippen LogP contribution in [0.1, 0.15) is 21.7 Å². The Hall–Kier alpha value is -2.14. The second-order valence-corrected chi connectivity index (χ2v) is 5.80. The van der Waals surface area contributed by atoms with Crippen molar-refractivity contribution in [1.82, 2.24) is 9.55 Å². The van der Waals surface area contributed by atoms with Crippen molar-refractivity contribution in [3.63, 3.8) is 0 Å². The van der Waals surface area contributed by atoms with E-state index >= 15 is 0 Å². The van der Waals surface area contributed by atoms with Gasteiger partial charge in [-0.2, -0.15) is 0 Å². The van der Waals surface area contributed by atoms with E-state index in [4.69, 9.17) is 5.11 Å². The van der Waals surface area contributed by atoms with E-state index in [2.05, 4.69) is 20.9 Å². The van der Waals surface area contributed by atoms with Crippen LogP contribution >= 0.6 is 15.9 Å². The molecule has 3 rings (SSSR count). The minimum atomic E-state index is -0.926. The third-order valence-corrected chi connectivity index (χ3v) is 3.91. The van der Waals surface area contributed by atoms with Gasteiger partial charge in [-0.3, -0.25) is 0 Å². The quantitative estimate of drug-likeness (QED) is 0.784. The molecule has 0 aliphatic rings. The number of benzene rings is 2. The lowest BCUT2D eigenvalue weighted by Gasteiger charge is -2.08. The first-order valence-corrected chi connectivity index (χ1v) is 7.28. The van der Waals surface area contributed by atoms with Crippen molar-refractivity contribution in [1.29, 1.82) is 0 Å². The van der Waals surface area contributed by atoms with Gasteiger partial charge in [-0.25, -0.2) is 9.78 Å². The van der Waals surface area contributed by atoms with Crippen molar-refractivity contribution >= 4 is 32.9 Å². The van der Waals surface area contributed by atoms with E-state index in [-0.39, 0.29) is 5.56 Å². The smallest absolute Gasteiger partial charge is 0.335 e. The van der Waals surface area contributed by atoms with Gasteiger partial charge in [0.15, 0.2) is 0 Å². The lowest BCUT2D eigenvalue weighted by Crippen LogP contribution is -2.03. The Kier molecular flexibility index (Phi) is 3.51. The number of nitrogens with zero attached hydrogens (tertiary/aromatic N) is 2. The number of hydrogen-bond acceptors (Lipinski definition) is 2. The van der Waals surface area contributed by atoms with E-state index < -0.39 is 5.97 Å². The third kappa shape index (κ3) is 2.69. The Labute approximate surface area is 130 Å². The van der Waals surface area contributed by atoms with Gasteiger partial charge in [0.05, 0.1) is 16.6 Å². The topological polar surface area (TPSA) is 55.1 Å². The molecule has 0 unspecified atom stereocenters. The molecule has 0 radical (unpaired) electrons. The molecule has 0 amide bonds. The van der Waals surface area contributed by atoms with Crippen molar-refractivity contribution in [2.24, 2.45) is 0 Å². The number of hydrogen-bond donors (Lipinski definition) is 1. The van der Waals surface area contributed by atoms with Crippen LogP contribution in [0.25, 0.3) is 11.0 Å². The summed E-state index contributed by atoms with van der Waals surface area (Å²) >= 11 is 3.46. The summed E-state index contributed by atoms with van der Waals surface area (Å²) < 4.78 is 3.05. The molecule has 106 valence electrons. The normalized spacial score (nSPS) is 11.0. The molecule has 0 saturated heterocycles. The molecule has 0 bridgehead atoms. The molecular weight excluding hydrogens is 332 g/mol. The summed E-state index contributed by atoms with van der Waals surface area (Å²) in [6, 6.07) is 13.1. The number of carboxylic acid groups (broad SMARTS) is 1. The summed E-state index contributed by atoms with van der Waals surface area (Å²) in [5, 5.41) is 9.13. The molecule has 5 heteroatoms. The number of aromatic nitrogens is 2. The Balaban J connectivity index is 2.10. The number of halogens is 1. The maximum Gasteiger partial charge on any atom is 0.335 e. The van der Waals surface area contributed by atoms with Gasteiger partial charge in [-0.15, -0.1) is 0 Å². The van der Waals surface area contributed by atoms with Crippen molar-refractivity contribution in [3.05, 3.63) is 63.9 Å². The van der Waals surface area contributed by atoms with Crippen LogP contribution in [-0.2, 0) is 6.54 Å². The summed E-state index contributed by atoms with van der Waals surface area (Å²) in [6.07, 6.45) is 0. The molecule has 0 spiro atoms. The molecule has 3 aromatic rings. The lowest BCUT2D eigenvalue weighted by molar-refractivity contribution is 0.0697. The average Bonchev–Trinajstić information content (AvgIpc) is 2.74. The van der Waals surface area contributed by atoms with Crippen molar-refractivity contribution in [2.75, 3.05) is 0 Å². The van der Waals surface area contributed by atoms with Gasteiger partial charge in [-0.05, 0) is 42.8 Å². The number of carboxylic acids is 1. The first kappa shape index (κ1) is 13.8. The van der Waals surface area contributed by atoms with Gasteiger partial charge in [0.1, 0.15) is 5.82 Å².